The van der Waals surface area contributed by atoms with Gasteiger partial charge in [0, 0.05) is 30.7 Å². The lowest BCUT2D eigenvalue weighted by Gasteiger charge is -2.25. The molecule has 1 aliphatic heterocycles. The fourth-order valence-electron chi connectivity index (χ4n) is 4.44. The molecule has 4 aromatic rings. The molecular formula is C23H20ClF3N6O2. The van der Waals surface area contributed by atoms with Crippen molar-refractivity contribution < 1.29 is 22.7 Å². The summed E-state index contributed by atoms with van der Waals surface area (Å²) < 4.78 is 50.3. The Labute approximate surface area is 202 Å². The molecule has 0 bridgehead atoms. The number of halogens is 4. The van der Waals surface area contributed by atoms with Gasteiger partial charge in [0.25, 0.3) is 5.91 Å². The van der Waals surface area contributed by atoms with Crippen LogP contribution >= 0.6 is 11.6 Å². The summed E-state index contributed by atoms with van der Waals surface area (Å²) in [5, 5.41) is 8.13. The highest BCUT2D eigenvalue weighted by molar-refractivity contribution is 6.32. The Morgan fingerprint density at radius 2 is 1.83 bits per heavy atom. The zero-order chi connectivity index (χ0) is 25.0. The van der Waals surface area contributed by atoms with Crippen molar-refractivity contribution in [3.63, 3.8) is 0 Å². The summed E-state index contributed by atoms with van der Waals surface area (Å²) in [6.07, 6.45) is 2.40. The molecule has 0 unspecified atom stereocenters. The first-order valence-corrected chi connectivity index (χ1v) is 11.1. The lowest BCUT2D eigenvalue weighted by Crippen LogP contribution is -2.34. The van der Waals surface area contributed by atoms with E-state index < -0.39 is 46.2 Å². The van der Waals surface area contributed by atoms with Crippen molar-refractivity contribution in [1.82, 2.24) is 29.9 Å². The van der Waals surface area contributed by atoms with Crippen LogP contribution in [0, 0.1) is 31.3 Å². The zero-order valence-corrected chi connectivity index (χ0v) is 19.7. The number of carbonyl (C=O) groups excluding carboxylic acids is 1. The van der Waals surface area contributed by atoms with Crippen LogP contribution in [0.25, 0.3) is 16.7 Å². The molecule has 1 amide bonds. The van der Waals surface area contributed by atoms with Crippen LogP contribution in [0.5, 0.6) is 0 Å². The number of nitrogens with one attached hydrogen (secondary N) is 1. The number of likely N-dealkylation sites (tertiary alicyclic amines) is 1. The van der Waals surface area contributed by atoms with Crippen LogP contribution in [0.4, 0.5) is 13.2 Å². The van der Waals surface area contributed by atoms with Gasteiger partial charge in [-0.05, 0) is 31.5 Å². The molecule has 0 aliphatic carbocycles. The van der Waals surface area contributed by atoms with Gasteiger partial charge in [-0.2, -0.15) is 10.2 Å². The molecule has 8 nitrogen and oxygen atoms in total. The van der Waals surface area contributed by atoms with Crippen molar-refractivity contribution in [3.8, 4) is 5.69 Å². The largest absolute Gasteiger partial charge is 0.380 e. The molecule has 2 aromatic heterocycles. The number of hydrogen-bond donors (Lipinski definition) is 1. The molecule has 2 atom stereocenters. The van der Waals surface area contributed by atoms with Crippen LogP contribution in [-0.2, 0) is 4.74 Å². The zero-order valence-electron chi connectivity index (χ0n) is 18.9. The Hall–Kier alpha value is -3.44. The second-order valence-corrected chi connectivity index (χ2v) is 8.77. The second-order valence-electron chi connectivity index (χ2n) is 8.36. The lowest BCUT2D eigenvalue weighted by molar-refractivity contribution is 0.0679. The van der Waals surface area contributed by atoms with Crippen molar-refractivity contribution in [2.45, 2.75) is 32.4 Å². The molecule has 12 heteroatoms. The van der Waals surface area contributed by atoms with Gasteiger partial charge in [-0.3, -0.25) is 4.79 Å². The monoisotopic (exact) mass is 504 g/mol. The molecule has 1 N–H and O–H groups in total. The Bertz CT molecular complexity index is 1460. The fraction of sp³-hybridized carbons (Fsp3) is 0.304. The average molecular weight is 505 g/mol. The number of fused-ring (bicyclic) bond motifs is 1. The van der Waals surface area contributed by atoms with E-state index in [9.17, 15) is 9.18 Å². The highest BCUT2D eigenvalue weighted by Crippen LogP contribution is 2.37. The number of ether oxygens (including phenoxy) is 1. The minimum Gasteiger partial charge on any atom is -0.380 e. The van der Waals surface area contributed by atoms with Gasteiger partial charge in [0.15, 0.2) is 11.6 Å². The quantitative estimate of drug-likeness (QED) is 0.415. The van der Waals surface area contributed by atoms with Gasteiger partial charge in [-0.25, -0.2) is 18.2 Å². The second kappa shape index (κ2) is 8.65. The van der Waals surface area contributed by atoms with Gasteiger partial charge in [0.1, 0.15) is 22.9 Å². The minimum absolute atomic E-state index is 0.0836. The first kappa shape index (κ1) is 23.3. The molecule has 1 saturated heterocycles. The van der Waals surface area contributed by atoms with Crippen LogP contribution in [0.3, 0.4) is 0 Å². The van der Waals surface area contributed by atoms with E-state index in [1.165, 1.54) is 24.4 Å². The van der Waals surface area contributed by atoms with Crippen LogP contribution < -0.4 is 0 Å². The Morgan fingerprint density at radius 3 is 2.51 bits per heavy atom. The molecule has 2 aromatic carbocycles. The number of rotatable bonds is 4. The first-order valence-electron chi connectivity index (χ1n) is 10.7. The summed E-state index contributed by atoms with van der Waals surface area (Å²) in [6.45, 7) is 2.99. The maximum absolute atomic E-state index is 15.4. The van der Waals surface area contributed by atoms with Crippen LogP contribution in [0.15, 0.2) is 24.5 Å². The van der Waals surface area contributed by atoms with E-state index in [4.69, 9.17) is 16.3 Å². The number of aromatic amines is 1. The predicted molar refractivity (Wildman–Crippen MR) is 121 cm³/mol. The maximum atomic E-state index is 15.4. The molecule has 1 aliphatic rings. The summed E-state index contributed by atoms with van der Waals surface area (Å²) in [5.74, 6) is -4.44. The van der Waals surface area contributed by atoms with Crippen molar-refractivity contribution in [3.05, 3.63) is 69.5 Å². The van der Waals surface area contributed by atoms with Gasteiger partial charge < -0.3 is 14.6 Å². The maximum Gasteiger partial charge on any atom is 0.259 e. The lowest BCUT2D eigenvalue weighted by atomic mass is 10.0. The number of hydrogen-bond acceptors (Lipinski definition) is 5. The number of carbonyl (C=O) groups is 1. The summed E-state index contributed by atoms with van der Waals surface area (Å²) in [5.41, 5.74) is 0.150. The Morgan fingerprint density at radius 1 is 1.11 bits per heavy atom. The van der Waals surface area contributed by atoms with Crippen molar-refractivity contribution in [2.24, 2.45) is 0 Å². The van der Waals surface area contributed by atoms with E-state index in [0.29, 0.717) is 33.1 Å². The molecule has 0 radical (unpaired) electrons. The fourth-order valence-corrected chi connectivity index (χ4v) is 4.60. The van der Waals surface area contributed by atoms with Crippen LogP contribution in [0.2, 0.25) is 5.02 Å². The molecule has 5 rings (SSSR count). The van der Waals surface area contributed by atoms with Gasteiger partial charge >= 0.3 is 0 Å². The molecule has 0 spiro atoms. The van der Waals surface area contributed by atoms with E-state index in [1.54, 1.807) is 12.1 Å². The standard InChI is InChI=1S/C23H20ClF3N6O2/c1-10-13(24)4-5-14-20(10)31-22(30-14)15-8-12(35-3)9-32(15)23(34)16-17(25)11(2)18(26)19(27)21(16)33-28-6-7-29-33/h4-7,12,15H,8-9H2,1-3H3,(H,30,31)/t12-,15+/m1/s1. The molecule has 182 valence electrons. The number of aromatic nitrogens is 5. The third-order valence-electron chi connectivity index (χ3n) is 6.39. The summed E-state index contributed by atoms with van der Waals surface area (Å²) in [7, 11) is 1.50. The van der Waals surface area contributed by atoms with E-state index >= 15 is 8.78 Å². The Balaban J connectivity index is 1.65. The number of methoxy groups -OCH3 is 1. The van der Waals surface area contributed by atoms with Gasteiger partial charge in [-0.15, -0.1) is 4.80 Å². The third-order valence-corrected chi connectivity index (χ3v) is 6.80. The number of H-pyrrole nitrogens is 1. The van der Waals surface area contributed by atoms with E-state index in [2.05, 4.69) is 20.2 Å². The topological polar surface area (TPSA) is 88.9 Å². The summed E-state index contributed by atoms with van der Waals surface area (Å²) in [6, 6.07) is 2.83. The summed E-state index contributed by atoms with van der Waals surface area (Å²) in [4.78, 5) is 23.7. The molecule has 35 heavy (non-hydrogen) atoms. The van der Waals surface area contributed by atoms with E-state index in [0.717, 1.165) is 12.5 Å². The SMILES string of the molecule is CO[C@@H]1C[C@@H](c2nc3ccc(Cl)c(C)c3[nH]2)N(C(=O)c2c(F)c(C)c(F)c(F)c2-n2nccn2)C1. The highest BCUT2D eigenvalue weighted by atomic mass is 35.5. The number of imidazole rings is 1. The average Bonchev–Trinajstić information content (AvgIpc) is 3.61. The molecule has 0 saturated carbocycles. The normalized spacial score (nSPS) is 18.1. The van der Waals surface area contributed by atoms with E-state index in [-0.39, 0.29) is 12.6 Å². The number of nitrogens with zero attached hydrogens (tertiary/aromatic N) is 5. The molecule has 1 fully saturated rings. The smallest absolute Gasteiger partial charge is 0.259 e. The molecule has 3 heterocycles. The van der Waals surface area contributed by atoms with Gasteiger partial charge in [-0.1, -0.05) is 11.6 Å². The minimum atomic E-state index is -1.42. The molecular weight excluding hydrogens is 485 g/mol. The van der Waals surface area contributed by atoms with Gasteiger partial charge in [0.2, 0.25) is 0 Å². The third kappa shape index (κ3) is 3.66. The number of aryl methyl sites for hydroxylation is 1. The van der Waals surface area contributed by atoms with Crippen LogP contribution in [-0.4, -0.2) is 55.5 Å². The van der Waals surface area contributed by atoms with Gasteiger partial charge in [0.05, 0.1) is 35.6 Å². The van der Waals surface area contributed by atoms with Crippen LogP contribution in [0.1, 0.15) is 39.8 Å². The number of benzene rings is 2. The van der Waals surface area contributed by atoms with Crippen molar-refractivity contribution in [2.75, 3.05) is 13.7 Å². The van der Waals surface area contributed by atoms with E-state index in [1.807, 2.05) is 6.92 Å². The predicted octanol–water partition coefficient (Wildman–Crippen LogP) is 4.43. The summed E-state index contributed by atoms with van der Waals surface area (Å²) >= 11 is 6.23. The number of amides is 1. The van der Waals surface area contributed by atoms with Crippen molar-refractivity contribution >= 4 is 28.5 Å². The Kier molecular flexibility index (Phi) is 5.76. The van der Waals surface area contributed by atoms with Crippen molar-refractivity contribution in [1.29, 1.82) is 0 Å². The highest BCUT2D eigenvalue weighted by Gasteiger charge is 2.41. The first-order chi connectivity index (χ1) is 16.7.